The molecule has 4 heteroatoms. The summed E-state index contributed by atoms with van der Waals surface area (Å²) in [4.78, 5) is 0. The van der Waals surface area contributed by atoms with Crippen LogP contribution in [0.3, 0.4) is 0 Å². The molecule has 2 rings (SSSR count). The lowest BCUT2D eigenvalue weighted by Gasteiger charge is -2.21. The van der Waals surface area contributed by atoms with E-state index in [9.17, 15) is 0 Å². The highest BCUT2D eigenvalue weighted by molar-refractivity contribution is 5.08. The van der Waals surface area contributed by atoms with Crippen molar-refractivity contribution in [1.82, 2.24) is 20.3 Å². The van der Waals surface area contributed by atoms with Crippen LogP contribution in [-0.2, 0) is 6.54 Å². The van der Waals surface area contributed by atoms with Crippen LogP contribution in [-0.4, -0.2) is 27.6 Å². The second-order valence-electron chi connectivity index (χ2n) is 5.74. The van der Waals surface area contributed by atoms with E-state index in [2.05, 4.69) is 41.1 Å². The fourth-order valence-corrected chi connectivity index (χ4v) is 3.00. The predicted octanol–water partition coefficient (Wildman–Crippen LogP) is 2.57. The molecule has 18 heavy (non-hydrogen) atoms. The van der Waals surface area contributed by atoms with Crippen molar-refractivity contribution in [3.8, 4) is 0 Å². The van der Waals surface area contributed by atoms with Crippen molar-refractivity contribution < 1.29 is 0 Å². The Hall–Kier alpha value is -0.900. The largest absolute Gasteiger partial charge is 0.314 e. The molecule has 102 valence electrons. The number of nitrogens with zero attached hydrogens (tertiary/aromatic N) is 3. The molecule has 1 aromatic heterocycles. The highest BCUT2D eigenvalue weighted by Gasteiger charge is 2.30. The SMILES string of the molecule is CCCn1nncc1C1CCCC1CNC(C)C. The lowest BCUT2D eigenvalue weighted by Crippen LogP contribution is -2.30. The normalized spacial score (nSPS) is 24.0. The number of aromatic nitrogens is 3. The first-order valence-electron chi connectivity index (χ1n) is 7.34. The van der Waals surface area contributed by atoms with Gasteiger partial charge in [0.25, 0.3) is 0 Å². The van der Waals surface area contributed by atoms with Crippen LogP contribution in [0.1, 0.15) is 58.1 Å². The second-order valence-corrected chi connectivity index (χ2v) is 5.74. The highest BCUT2D eigenvalue weighted by atomic mass is 15.4. The standard InChI is InChI=1S/C14H26N4/c1-4-8-18-14(10-16-17-18)13-7-5-6-12(13)9-15-11(2)3/h10-13,15H,4-9H2,1-3H3. The van der Waals surface area contributed by atoms with Crippen LogP contribution in [0.2, 0.25) is 0 Å². The van der Waals surface area contributed by atoms with E-state index in [1.54, 1.807) is 0 Å². The third kappa shape index (κ3) is 3.10. The third-order valence-electron chi connectivity index (χ3n) is 3.91. The lowest BCUT2D eigenvalue weighted by molar-refractivity contribution is 0.402. The minimum absolute atomic E-state index is 0.574. The molecule has 1 aromatic rings. The maximum atomic E-state index is 4.23. The zero-order valence-corrected chi connectivity index (χ0v) is 11.9. The van der Waals surface area contributed by atoms with Gasteiger partial charge in [0.05, 0.1) is 11.9 Å². The van der Waals surface area contributed by atoms with E-state index in [0.717, 1.165) is 25.4 Å². The smallest absolute Gasteiger partial charge is 0.0728 e. The van der Waals surface area contributed by atoms with Crippen LogP contribution in [0, 0.1) is 5.92 Å². The first kappa shape index (κ1) is 13.5. The van der Waals surface area contributed by atoms with Gasteiger partial charge in [-0.3, -0.25) is 0 Å². The Morgan fingerprint density at radius 1 is 1.44 bits per heavy atom. The topological polar surface area (TPSA) is 42.7 Å². The van der Waals surface area contributed by atoms with Gasteiger partial charge >= 0.3 is 0 Å². The number of hydrogen-bond acceptors (Lipinski definition) is 3. The summed E-state index contributed by atoms with van der Waals surface area (Å²) in [5.41, 5.74) is 1.35. The molecule has 0 aromatic carbocycles. The van der Waals surface area contributed by atoms with Crippen molar-refractivity contribution in [2.75, 3.05) is 6.54 Å². The van der Waals surface area contributed by atoms with Gasteiger partial charge < -0.3 is 5.32 Å². The minimum atomic E-state index is 0.574. The molecule has 2 unspecified atom stereocenters. The fraction of sp³-hybridized carbons (Fsp3) is 0.857. The summed E-state index contributed by atoms with van der Waals surface area (Å²) in [5, 5.41) is 11.9. The Labute approximate surface area is 110 Å². The van der Waals surface area contributed by atoms with Gasteiger partial charge in [0.1, 0.15) is 0 Å². The predicted molar refractivity (Wildman–Crippen MR) is 73.5 cm³/mol. The van der Waals surface area contributed by atoms with E-state index in [-0.39, 0.29) is 0 Å². The van der Waals surface area contributed by atoms with Gasteiger partial charge in [0.2, 0.25) is 0 Å². The summed E-state index contributed by atoms with van der Waals surface area (Å²) in [6.07, 6.45) is 7.07. The van der Waals surface area contributed by atoms with Crippen LogP contribution in [0.5, 0.6) is 0 Å². The van der Waals surface area contributed by atoms with Crippen LogP contribution in [0.4, 0.5) is 0 Å². The van der Waals surface area contributed by atoms with Gasteiger partial charge in [-0.2, -0.15) is 0 Å². The van der Waals surface area contributed by atoms with Crippen molar-refractivity contribution in [3.63, 3.8) is 0 Å². The van der Waals surface area contributed by atoms with Gasteiger partial charge in [-0.25, -0.2) is 4.68 Å². The monoisotopic (exact) mass is 250 g/mol. The molecule has 0 radical (unpaired) electrons. The number of rotatable bonds is 6. The Morgan fingerprint density at radius 3 is 3.00 bits per heavy atom. The van der Waals surface area contributed by atoms with E-state index in [1.165, 1.54) is 25.0 Å². The minimum Gasteiger partial charge on any atom is -0.314 e. The zero-order valence-electron chi connectivity index (χ0n) is 11.9. The molecule has 0 saturated heterocycles. The van der Waals surface area contributed by atoms with E-state index < -0.39 is 0 Å². The molecule has 1 aliphatic rings. The first-order chi connectivity index (χ1) is 8.72. The average molecular weight is 250 g/mol. The lowest BCUT2D eigenvalue weighted by atomic mass is 9.93. The number of aryl methyl sites for hydroxylation is 1. The molecule has 0 bridgehead atoms. The summed E-state index contributed by atoms with van der Waals surface area (Å²) < 4.78 is 2.11. The molecular weight excluding hydrogens is 224 g/mol. The van der Waals surface area contributed by atoms with E-state index in [4.69, 9.17) is 0 Å². The maximum absolute atomic E-state index is 4.23. The third-order valence-corrected chi connectivity index (χ3v) is 3.91. The Balaban J connectivity index is 2.03. The average Bonchev–Trinajstić information content (AvgIpc) is 2.94. The van der Waals surface area contributed by atoms with Crippen molar-refractivity contribution in [2.45, 2.75) is 65.0 Å². The van der Waals surface area contributed by atoms with E-state index >= 15 is 0 Å². The molecule has 1 fully saturated rings. The van der Waals surface area contributed by atoms with Crippen LogP contribution in [0.25, 0.3) is 0 Å². The highest BCUT2D eigenvalue weighted by Crippen LogP contribution is 2.38. The molecule has 0 amide bonds. The quantitative estimate of drug-likeness (QED) is 0.844. The van der Waals surface area contributed by atoms with Crippen LogP contribution in [0.15, 0.2) is 6.20 Å². The van der Waals surface area contributed by atoms with Crippen molar-refractivity contribution in [2.24, 2.45) is 5.92 Å². The van der Waals surface area contributed by atoms with Gasteiger partial charge in [0.15, 0.2) is 0 Å². The summed E-state index contributed by atoms with van der Waals surface area (Å²) in [6, 6.07) is 0.574. The molecule has 2 atom stereocenters. The molecule has 0 aliphatic heterocycles. The summed E-state index contributed by atoms with van der Waals surface area (Å²) in [5.74, 6) is 1.40. The van der Waals surface area contributed by atoms with Crippen molar-refractivity contribution in [3.05, 3.63) is 11.9 Å². The van der Waals surface area contributed by atoms with Crippen molar-refractivity contribution in [1.29, 1.82) is 0 Å². The second kappa shape index (κ2) is 6.32. The van der Waals surface area contributed by atoms with E-state index in [1.807, 2.05) is 6.20 Å². The Bertz CT molecular complexity index is 358. The zero-order chi connectivity index (χ0) is 13.0. The van der Waals surface area contributed by atoms with Gasteiger partial charge in [0, 0.05) is 18.5 Å². The molecule has 1 heterocycles. The first-order valence-corrected chi connectivity index (χ1v) is 7.34. The fourth-order valence-electron chi connectivity index (χ4n) is 3.00. The molecule has 4 nitrogen and oxygen atoms in total. The number of nitrogens with one attached hydrogen (secondary N) is 1. The van der Waals surface area contributed by atoms with Gasteiger partial charge in [-0.05, 0) is 31.7 Å². The summed E-state index contributed by atoms with van der Waals surface area (Å²) >= 11 is 0. The van der Waals surface area contributed by atoms with Gasteiger partial charge in [-0.15, -0.1) is 5.10 Å². The van der Waals surface area contributed by atoms with Crippen molar-refractivity contribution >= 4 is 0 Å². The Kier molecular flexibility index (Phi) is 4.75. The Morgan fingerprint density at radius 2 is 2.28 bits per heavy atom. The van der Waals surface area contributed by atoms with Gasteiger partial charge in [-0.1, -0.05) is 32.4 Å². The molecule has 0 spiro atoms. The maximum Gasteiger partial charge on any atom is 0.0728 e. The molecule has 1 aliphatic carbocycles. The molecule has 1 N–H and O–H groups in total. The van der Waals surface area contributed by atoms with Crippen LogP contribution < -0.4 is 5.32 Å². The molecular formula is C14H26N4. The summed E-state index contributed by atoms with van der Waals surface area (Å²) in [7, 11) is 0. The van der Waals surface area contributed by atoms with E-state index in [0.29, 0.717) is 12.0 Å². The molecule has 1 saturated carbocycles. The van der Waals surface area contributed by atoms with Crippen LogP contribution >= 0.6 is 0 Å². The summed E-state index contributed by atoms with van der Waals surface area (Å²) in [6.45, 7) is 8.74. The number of hydrogen-bond donors (Lipinski definition) is 1.